The van der Waals surface area contributed by atoms with Gasteiger partial charge in [0.05, 0.1) is 17.7 Å². The minimum Gasteiger partial charge on any atom is -0.503 e. The lowest BCUT2D eigenvalue weighted by Gasteiger charge is -2.11. The number of carbonyl (C=O) groups excluding carboxylic acids is 1. The van der Waals surface area contributed by atoms with Gasteiger partial charge in [0.1, 0.15) is 11.6 Å². The lowest BCUT2D eigenvalue weighted by molar-refractivity contribution is -0.117. The second-order valence-corrected chi connectivity index (χ2v) is 6.75. The fourth-order valence-corrected chi connectivity index (χ4v) is 3.12. The number of ether oxygens (including phenoxy) is 2. The molecule has 1 atom stereocenters. The number of phenolic OH excluding ortho intramolecular Hbond substituents is 1. The van der Waals surface area contributed by atoms with E-state index in [0.717, 1.165) is 12.8 Å². The van der Waals surface area contributed by atoms with Gasteiger partial charge in [0.2, 0.25) is 0 Å². The Bertz CT molecular complexity index is 707. The maximum atomic E-state index is 12.2. The Kier molecular flexibility index (Phi) is 6.66. The molecule has 1 aliphatic rings. The summed E-state index contributed by atoms with van der Waals surface area (Å²) in [6.07, 6.45) is 3.32. The Morgan fingerprint density at radius 1 is 1.58 bits per heavy atom. The monoisotopic (exact) mass is 458 g/mol. The van der Waals surface area contributed by atoms with Gasteiger partial charge in [0.15, 0.2) is 11.5 Å². The average molecular weight is 460 g/mol. The van der Waals surface area contributed by atoms with Crippen LogP contribution in [0.3, 0.4) is 0 Å². The second kappa shape index (κ2) is 8.51. The number of amides is 1. The van der Waals surface area contributed by atoms with Crippen molar-refractivity contribution in [3.05, 3.63) is 26.1 Å². The van der Waals surface area contributed by atoms with E-state index in [1.165, 1.54) is 19.3 Å². The summed E-state index contributed by atoms with van der Waals surface area (Å²) in [6.45, 7) is 1.08. The molecule has 1 aromatic rings. The Morgan fingerprint density at radius 2 is 2.33 bits per heavy atom. The highest BCUT2D eigenvalue weighted by Crippen LogP contribution is 2.42. The summed E-state index contributed by atoms with van der Waals surface area (Å²) in [4.78, 5) is 12.2. The van der Waals surface area contributed by atoms with Gasteiger partial charge in [-0.05, 0) is 62.4 Å². The number of hydrogen-bond donors (Lipinski definition) is 2. The van der Waals surface area contributed by atoms with Gasteiger partial charge in [-0.15, -0.1) is 0 Å². The van der Waals surface area contributed by atoms with Crippen molar-refractivity contribution in [3.63, 3.8) is 0 Å². The van der Waals surface area contributed by atoms with E-state index < -0.39 is 5.91 Å². The normalized spacial score (nSPS) is 17.4. The molecule has 2 rings (SSSR count). The van der Waals surface area contributed by atoms with Crippen molar-refractivity contribution in [3.8, 4) is 17.6 Å². The van der Waals surface area contributed by atoms with Crippen LogP contribution < -0.4 is 10.1 Å². The van der Waals surface area contributed by atoms with E-state index in [4.69, 9.17) is 9.47 Å². The van der Waals surface area contributed by atoms with Crippen LogP contribution in [0.5, 0.6) is 11.5 Å². The molecule has 0 spiro atoms. The van der Waals surface area contributed by atoms with Crippen molar-refractivity contribution in [2.75, 3.05) is 20.3 Å². The van der Waals surface area contributed by atoms with Gasteiger partial charge in [-0.2, -0.15) is 5.26 Å². The van der Waals surface area contributed by atoms with Crippen molar-refractivity contribution >= 4 is 43.8 Å². The molecule has 2 N–H and O–H groups in total. The maximum Gasteiger partial charge on any atom is 0.262 e. The highest BCUT2D eigenvalue weighted by atomic mass is 79.9. The first-order chi connectivity index (χ1) is 11.5. The van der Waals surface area contributed by atoms with Gasteiger partial charge >= 0.3 is 0 Å². The zero-order chi connectivity index (χ0) is 17.7. The standard InChI is InChI=1S/C16H16Br2N2O4/c1-23-12-6-9(13(17)14(18)15(12)21)5-10(7-19)16(22)20-8-11-3-2-4-24-11/h5-6,11,21H,2-4,8H2,1H3,(H,20,22)/b10-5+. The number of phenols is 1. The number of benzene rings is 1. The van der Waals surface area contributed by atoms with E-state index in [9.17, 15) is 15.2 Å². The molecule has 1 amide bonds. The van der Waals surface area contributed by atoms with E-state index >= 15 is 0 Å². The second-order valence-electron chi connectivity index (χ2n) is 5.16. The molecule has 1 aromatic carbocycles. The van der Waals surface area contributed by atoms with Crippen LogP contribution in [-0.4, -0.2) is 37.4 Å². The van der Waals surface area contributed by atoms with Crippen molar-refractivity contribution in [2.45, 2.75) is 18.9 Å². The Hall–Kier alpha value is -1.56. The topological polar surface area (TPSA) is 91.6 Å². The molecule has 1 fully saturated rings. The van der Waals surface area contributed by atoms with Gasteiger partial charge in [-0.25, -0.2) is 0 Å². The average Bonchev–Trinajstić information content (AvgIpc) is 3.10. The molecule has 0 saturated carbocycles. The molecule has 0 aromatic heterocycles. The molecule has 0 bridgehead atoms. The predicted octanol–water partition coefficient (Wildman–Crippen LogP) is 3.13. The first kappa shape index (κ1) is 18.8. The van der Waals surface area contributed by atoms with E-state index in [1.54, 1.807) is 0 Å². The van der Waals surface area contributed by atoms with Crippen LogP contribution in [0.2, 0.25) is 0 Å². The van der Waals surface area contributed by atoms with Crippen LogP contribution in [0.15, 0.2) is 20.6 Å². The molecule has 128 valence electrons. The number of carbonyl (C=O) groups is 1. The highest BCUT2D eigenvalue weighted by Gasteiger charge is 2.19. The summed E-state index contributed by atoms with van der Waals surface area (Å²) < 4.78 is 11.4. The van der Waals surface area contributed by atoms with Crippen molar-refractivity contribution in [1.82, 2.24) is 5.32 Å². The summed E-state index contributed by atoms with van der Waals surface area (Å²) >= 11 is 6.57. The highest BCUT2D eigenvalue weighted by molar-refractivity contribution is 9.13. The summed E-state index contributed by atoms with van der Waals surface area (Å²) in [5, 5.41) is 21.9. The summed E-state index contributed by atoms with van der Waals surface area (Å²) in [7, 11) is 1.42. The number of halogens is 2. The van der Waals surface area contributed by atoms with Crippen LogP contribution in [0, 0.1) is 11.3 Å². The van der Waals surface area contributed by atoms with Gasteiger partial charge < -0.3 is 19.9 Å². The molecule has 24 heavy (non-hydrogen) atoms. The minimum atomic E-state index is -0.469. The number of nitrogens with one attached hydrogen (secondary N) is 1. The van der Waals surface area contributed by atoms with Crippen LogP contribution >= 0.6 is 31.9 Å². The predicted molar refractivity (Wildman–Crippen MR) is 95.6 cm³/mol. The van der Waals surface area contributed by atoms with Crippen LogP contribution in [0.4, 0.5) is 0 Å². The number of nitriles is 1. The summed E-state index contributed by atoms with van der Waals surface area (Å²) in [6, 6.07) is 3.43. The van der Waals surface area contributed by atoms with E-state index in [2.05, 4.69) is 37.2 Å². The van der Waals surface area contributed by atoms with E-state index in [1.807, 2.05) is 6.07 Å². The zero-order valence-corrected chi connectivity index (χ0v) is 16.1. The smallest absolute Gasteiger partial charge is 0.262 e. The van der Waals surface area contributed by atoms with Gasteiger partial charge in [0, 0.05) is 17.6 Å². The maximum absolute atomic E-state index is 12.2. The lowest BCUT2D eigenvalue weighted by Crippen LogP contribution is -2.32. The van der Waals surface area contributed by atoms with Gasteiger partial charge in [-0.1, -0.05) is 0 Å². The Balaban J connectivity index is 2.21. The third kappa shape index (κ3) is 4.29. The van der Waals surface area contributed by atoms with Gasteiger partial charge in [-0.3, -0.25) is 4.79 Å². The molecular formula is C16H16Br2N2O4. The Morgan fingerprint density at radius 3 is 2.92 bits per heavy atom. The fourth-order valence-electron chi connectivity index (χ4n) is 2.28. The minimum absolute atomic E-state index is 0.00328. The zero-order valence-electron chi connectivity index (χ0n) is 12.9. The van der Waals surface area contributed by atoms with Crippen LogP contribution in [0.25, 0.3) is 6.08 Å². The number of hydrogen-bond acceptors (Lipinski definition) is 5. The molecule has 1 saturated heterocycles. The first-order valence-corrected chi connectivity index (χ1v) is 8.83. The lowest BCUT2D eigenvalue weighted by atomic mass is 10.1. The fraction of sp³-hybridized carbons (Fsp3) is 0.375. The molecular weight excluding hydrogens is 444 g/mol. The summed E-state index contributed by atoms with van der Waals surface area (Å²) in [5.41, 5.74) is 0.480. The molecule has 8 heteroatoms. The third-order valence-corrected chi connectivity index (χ3v) is 5.73. The van der Waals surface area contributed by atoms with Crippen LogP contribution in [-0.2, 0) is 9.53 Å². The molecule has 1 unspecified atom stereocenters. The molecule has 0 radical (unpaired) electrons. The Labute approximate surface area is 156 Å². The van der Waals surface area contributed by atoms with Crippen LogP contribution in [0.1, 0.15) is 18.4 Å². The van der Waals surface area contributed by atoms with Gasteiger partial charge in [0.25, 0.3) is 5.91 Å². The van der Waals surface area contributed by atoms with E-state index in [-0.39, 0.29) is 23.2 Å². The first-order valence-electron chi connectivity index (χ1n) is 7.24. The van der Waals surface area contributed by atoms with Crippen molar-refractivity contribution in [2.24, 2.45) is 0 Å². The molecule has 1 aliphatic heterocycles. The SMILES string of the molecule is COc1cc(/C=C(\C#N)C(=O)NCC2CCCO2)c(Br)c(Br)c1O. The molecule has 6 nitrogen and oxygen atoms in total. The number of aromatic hydroxyl groups is 1. The number of nitrogens with zero attached hydrogens (tertiary/aromatic N) is 1. The van der Waals surface area contributed by atoms with Crippen molar-refractivity contribution in [1.29, 1.82) is 5.26 Å². The van der Waals surface area contributed by atoms with Crippen molar-refractivity contribution < 1.29 is 19.4 Å². The quantitative estimate of drug-likeness (QED) is 0.521. The third-order valence-electron chi connectivity index (χ3n) is 3.57. The summed E-state index contributed by atoms with van der Waals surface area (Å²) in [5.74, 6) is -0.306. The molecule has 0 aliphatic carbocycles. The number of rotatable bonds is 5. The largest absolute Gasteiger partial charge is 0.503 e. The molecule has 1 heterocycles. The van der Waals surface area contributed by atoms with E-state index in [0.29, 0.717) is 27.7 Å². The number of methoxy groups -OCH3 is 1.